The summed E-state index contributed by atoms with van der Waals surface area (Å²) in [5.74, 6) is 4.22. The molecular weight excluding hydrogens is 817 g/mol. The van der Waals surface area contributed by atoms with E-state index >= 15 is 0 Å². The van der Waals surface area contributed by atoms with E-state index in [1.807, 2.05) is 12.1 Å². The van der Waals surface area contributed by atoms with E-state index < -0.39 is 0 Å². The van der Waals surface area contributed by atoms with E-state index in [1.165, 1.54) is 83.9 Å². The van der Waals surface area contributed by atoms with Crippen LogP contribution in [0.5, 0.6) is 17.2 Å². The molecule has 3 aromatic rings. The third-order valence-corrected chi connectivity index (χ3v) is 19.2. The topological polar surface area (TPSA) is 88.4 Å². The van der Waals surface area contributed by atoms with Crippen molar-refractivity contribution in [2.75, 3.05) is 14.2 Å². The van der Waals surface area contributed by atoms with E-state index in [4.69, 9.17) is 14.2 Å². The molecule has 0 amide bonds. The van der Waals surface area contributed by atoms with Crippen LogP contribution in [0.2, 0.25) is 0 Å². The lowest BCUT2D eigenvalue weighted by molar-refractivity contribution is -0.109. The first-order valence-corrected chi connectivity index (χ1v) is 25.9. The molecule has 354 valence electrons. The molecule has 0 radical (unpaired) electrons. The standard InChI is InChI=1S/C23H32O2.C19H24O2.C18H22O2/c1-22(2,3)25-21-11-10-20-19-8-6-15-14-16(24-5)7-9-17(15)18(19)12-13-23(20,21)4;1-19-10-9-15-14-6-4-13(21-2)11-12(14)3-5-16(15)17(19)7-8-18(19)20;1-18-9-8-14-13-5-3-12(19)10-11(13)2-4-15(14)16(18)6-7-17(18)20/h7,9,14,20-21H,6,8,10-13H2,1-5H3;4,6,11,17-18,20H,3,5,7-10H2,1-2H3;3,5,10,16-17,19-20H,2,4,6-9H2,1H3/t20-,21-,23-;17-,18-,19-;16-,17-,18-/m111/s1. The summed E-state index contributed by atoms with van der Waals surface area (Å²) in [6.45, 7) is 13.7. The summed E-state index contributed by atoms with van der Waals surface area (Å²) in [4.78, 5) is 0. The largest absolute Gasteiger partial charge is 0.508 e. The number of allylic oxidation sites excluding steroid dienone is 6. The summed E-state index contributed by atoms with van der Waals surface area (Å²) in [6.07, 6.45) is 20.6. The Morgan fingerprint density at radius 1 is 0.485 bits per heavy atom. The van der Waals surface area contributed by atoms with Gasteiger partial charge in [0, 0.05) is 16.2 Å². The van der Waals surface area contributed by atoms with Crippen molar-refractivity contribution in [2.24, 2.45) is 34.0 Å². The summed E-state index contributed by atoms with van der Waals surface area (Å²) in [7, 11) is 3.50. The van der Waals surface area contributed by atoms with E-state index in [0.717, 1.165) is 82.1 Å². The first kappa shape index (κ1) is 45.9. The number of aryl methyl sites for hydroxylation is 3. The van der Waals surface area contributed by atoms with Crippen molar-refractivity contribution in [1.29, 1.82) is 0 Å². The molecule has 3 saturated carbocycles. The molecule has 0 unspecified atom stereocenters. The number of fused-ring (bicyclic) bond motifs is 12. The summed E-state index contributed by atoms with van der Waals surface area (Å²) in [5.41, 5.74) is 18.7. The van der Waals surface area contributed by atoms with Gasteiger partial charge in [-0.05, 0) is 241 Å². The van der Waals surface area contributed by atoms with Crippen LogP contribution in [0.1, 0.15) is 171 Å². The van der Waals surface area contributed by atoms with Crippen molar-refractivity contribution in [1.82, 2.24) is 0 Å². The molecule has 12 rings (SSSR count). The Hall–Kier alpha value is -3.84. The molecule has 6 nitrogen and oxygen atoms in total. The van der Waals surface area contributed by atoms with Crippen molar-refractivity contribution in [3.8, 4) is 17.2 Å². The predicted octanol–water partition coefficient (Wildman–Crippen LogP) is 13.4. The molecule has 0 heterocycles. The SMILES string of the molecule is COc1ccc2c(c1)CCC1=C2CC[C@@]2(C)[C@H](O)CC[C@H]12.COc1ccc2c(c1)CCC1=C2CC[C@]2(C)[C@@H]1CC[C@H]2OC(C)(C)C.C[C@@]12CCC3=C(CCc4cc(O)ccc43)[C@H]1CC[C@H]2O. The number of rotatable bonds is 3. The van der Waals surface area contributed by atoms with Crippen LogP contribution >= 0.6 is 0 Å². The number of aliphatic hydroxyl groups excluding tert-OH is 2. The smallest absolute Gasteiger partial charge is 0.119 e. The van der Waals surface area contributed by atoms with Crippen molar-refractivity contribution >= 4 is 16.7 Å². The lowest BCUT2D eigenvalue weighted by Gasteiger charge is -2.45. The molecule has 66 heavy (non-hydrogen) atoms. The monoisotopic (exact) mass is 895 g/mol. The fourth-order valence-corrected chi connectivity index (χ4v) is 15.5. The highest BCUT2D eigenvalue weighted by atomic mass is 16.5. The van der Waals surface area contributed by atoms with E-state index in [0.29, 0.717) is 35.0 Å². The number of hydrogen-bond donors (Lipinski definition) is 3. The van der Waals surface area contributed by atoms with Gasteiger partial charge in [-0.25, -0.2) is 0 Å². The second kappa shape index (κ2) is 17.3. The molecular formula is C60H78O6. The van der Waals surface area contributed by atoms with E-state index in [2.05, 4.69) is 84.0 Å². The molecule has 0 saturated heterocycles. The number of phenols is 1. The van der Waals surface area contributed by atoms with Crippen LogP contribution in [-0.4, -0.2) is 53.5 Å². The third kappa shape index (κ3) is 7.81. The molecule has 3 fully saturated rings. The summed E-state index contributed by atoms with van der Waals surface area (Å²) in [6, 6.07) is 19.0. The average molecular weight is 895 g/mol. The number of phenolic OH excluding ortho intramolecular Hbond substituents is 1. The minimum absolute atomic E-state index is 0.0487. The molecule has 3 N–H and O–H groups in total. The van der Waals surface area contributed by atoms with Gasteiger partial charge in [-0.15, -0.1) is 0 Å². The van der Waals surface area contributed by atoms with Crippen LogP contribution in [0.4, 0.5) is 0 Å². The Morgan fingerprint density at radius 3 is 1.32 bits per heavy atom. The molecule has 9 aliphatic rings. The zero-order chi connectivity index (χ0) is 46.3. The maximum Gasteiger partial charge on any atom is 0.119 e. The Balaban J connectivity index is 0.000000117. The number of methoxy groups -OCH3 is 2. The normalized spacial score (nSPS) is 33.5. The number of aliphatic hydroxyl groups is 2. The molecule has 3 aromatic carbocycles. The van der Waals surface area contributed by atoms with Crippen molar-refractivity contribution < 1.29 is 29.5 Å². The predicted molar refractivity (Wildman–Crippen MR) is 267 cm³/mol. The average Bonchev–Trinajstić information content (AvgIpc) is 3.92. The van der Waals surface area contributed by atoms with Crippen molar-refractivity contribution in [2.45, 2.75) is 181 Å². The Labute approximate surface area is 395 Å². The molecule has 9 atom stereocenters. The molecule has 0 spiro atoms. The number of aromatic hydroxyl groups is 1. The highest BCUT2D eigenvalue weighted by Gasteiger charge is 2.54. The quantitative estimate of drug-likeness (QED) is 0.243. The fraction of sp³-hybridized carbons (Fsp3) is 0.600. The maximum absolute atomic E-state index is 10.4. The molecule has 9 aliphatic carbocycles. The van der Waals surface area contributed by atoms with Crippen LogP contribution in [0.15, 0.2) is 71.3 Å². The Kier molecular flexibility index (Phi) is 12.0. The minimum atomic E-state index is -0.122. The van der Waals surface area contributed by atoms with Crippen LogP contribution in [0.25, 0.3) is 16.7 Å². The van der Waals surface area contributed by atoms with E-state index in [-0.39, 0.29) is 28.6 Å². The van der Waals surface area contributed by atoms with Gasteiger partial charge in [-0.2, -0.15) is 0 Å². The minimum Gasteiger partial charge on any atom is -0.508 e. The van der Waals surface area contributed by atoms with Crippen LogP contribution in [0, 0.1) is 34.0 Å². The summed E-state index contributed by atoms with van der Waals surface area (Å²) >= 11 is 0. The maximum atomic E-state index is 10.4. The van der Waals surface area contributed by atoms with E-state index in [9.17, 15) is 15.3 Å². The van der Waals surface area contributed by atoms with Crippen molar-refractivity contribution in [3.63, 3.8) is 0 Å². The first-order valence-electron chi connectivity index (χ1n) is 25.9. The van der Waals surface area contributed by atoms with Crippen LogP contribution in [-0.2, 0) is 24.0 Å². The second-order valence-electron chi connectivity index (χ2n) is 23.6. The molecule has 0 bridgehead atoms. The zero-order valence-electron chi connectivity index (χ0n) is 41.5. The van der Waals surface area contributed by atoms with Crippen molar-refractivity contribution in [3.05, 3.63) is 105 Å². The molecule has 0 aromatic heterocycles. The second-order valence-corrected chi connectivity index (χ2v) is 23.6. The molecule has 6 heteroatoms. The third-order valence-electron chi connectivity index (χ3n) is 19.2. The van der Waals surface area contributed by atoms with Crippen LogP contribution in [0.3, 0.4) is 0 Å². The van der Waals surface area contributed by atoms with Gasteiger partial charge in [0.15, 0.2) is 0 Å². The Bertz CT molecular complexity index is 2470. The van der Waals surface area contributed by atoms with Gasteiger partial charge in [-0.3, -0.25) is 0 Å². The van der Waals surface area contributed by atoms with E-state index in [1.54, 1.807) is 42.1 Å². The van der Waals surface area contributed by atoms with Gasteiger partial charge in [0.05, 0.1) is 38.1 Å². The van der Waals surface area contributed by atoms with Gasteiger partial charge >= 0.3 is 0 Å². The van der Waals surface area contributed by atoms with Gasteiger partial charge in [-0.1, -0.05) is 55.7 Å². The lowest BCUT2D eigenvalue weighted by atomic mass is 9.62. The van der Waals surface area contributed by atoms with Gasteiger partial charge in [0.2, 0.25) is 0 Å². The Morgan fingerprint density at radius 2 is 0.879 bits per heavy atom. The number of ether oxygens (including phenoxy) is 3. The fourth-order valence-electron chi connectivity index (χ4n) is 15.5. The molecule has 0 aliphatic heterocycles. The van der Waals surface area contributed by atoms with Gasteiger partial charge in [0.1, 0.15) is 17.2 Å². The van der Waals surface area contributed by atoms with Gasteiger partial charge < -0.3 is 29.5 Å². The highest BCUT2D eigenvalue weighted by Crippen LogP contribution is 2.61. The number of benzene rings is 3. The summed E-state index contributed by atoms with van der Waals surface area (Å²) in [5, 5.41) is 30.4. The lowest BCUT2D eigenvalue weighted by Crippen LogP contribution is -2.41. The highest BCUT2D eigenvalue weighted by molar-refractivity contribution is 5.77. The van der Waals surface area contributed by atoms with Gasteiger partial charge in [0.25, 0.3) is 0 Å². The zero-order valence-corrected chi connectivity index (χ0v) is 41.5. The summed E-state index contributed by atoms with van der Waals surface area (Å²) < 4.78 is 17.3. The number of hydrogen-bond acceptors (Lipinski definition) is 6. The van der Waals surface area contributed by atoms with Crippen LogP contribution < -0.4 is 9.47 Å². The first-order chi connectivity index (χ1) is 31.5.